The first-order valence-electron chi connectivity index (χ1n) is 4.48. The van der Waals surface area contributed by atoms with Gasteiger partial charge in [0.1, 0.15) is 0 Å². The Morgan fingerprint density at radius 3 is 1.72 bits per heavy atom. The van der Waals surface area contributed by atoms with Gasteiger partial charge in [0.05, 0.1) is 0 Å². The van der Waals surface area contributed by atoms with Gasteiger partial charge in [0.25, 0.3) is 10.1 Å². The first-order chi connectivity index (χ1) is 8.00. The first-order valence-corrected chi connectivity index (χ1v) is 5.98. The highest BCUT2D eigenvalue weighted by atomic mass is 32.2. The van der Waals surface area contributed by atoms with Crippen molar-refractivity contribution in [2.45, 2.75) is 18.7 Å². The first kappa shape index (κ1) is 18.3. The number of amides is 2. The van der Waals surface area contributed by atoms with Crippen molar-refractivity contribution in [2.24, 2.45) is 17.2 Å². The highest BCUT2D eigenvalue weighted by Gasteiger charge is 2.21. The number of carbonyl (C=O) groups excluding carboxylic acids is 1. The second kappa shape index (κ2) is 8.08. The van der Waals surface area contributed by atoms with Gasteiger partial charge in [-0.2, -0.15) is 8.42 Å². The van der Waals surface area contributed by atoms with E-state index in [1.807, 2.05) is 10.6 Å². The third kappa shape index (κ3) is 12.0. The summed E-state index contributed by atoms with van der Waals surface area (Å²) in [5, 5.41) is 15.5. The van der Waals surface area contributed by atoms with Crippen molar-refractivity contribution >= 4 is 28.1 Å². The minimum absolute atomic E-state index is 0.0712. The molecule has 0 saturated carbocycles. The van der Waals surface area contributed by atoms with Crippen LogP contribution in [0.4, 0.5) is 4.79 Å². The molecule has 0 fully saturated rings. The van der Waals surface area contributed by atoms with Crippen molar-refractivity contribution in [3.05, 3.63) is 0 Å². The van der Waals surface area contributed by atoms with Crippen LogP contribution in [0.2, 0.25) is 0 Å². The minimum atomic E-state index is -4.22. The summed E-state index contributed by atoms with van der Waals surface area (Å²) < 4.78 is 29.2. The lowest BCUT2D eigenvalue weighted by molar-refractivity contribution is 0.247. The fourth-order valence-corrected chi connectivity index (χ4v) is 1.38. The van der Waals surface area contributed by atoms with E-state index in [4.69, 9.17) is 26.8 Å². The molecule has 0 spiro atoms. The van der Waals surface area contributed by atoms with E-state index in [0.29, 0.717) is 0 Å². The molecule has 18 heavy (non-hydrogen) atoms. The summed E-state index contributed by atoms with van der Waals surface area (Å²) in [6.07, 6.45) is 0.0712. The number of nitrogens with two attached hydrogens (primary N) is 3. The van der Waals surface area contributed by atoms with Crippen LogP contribution in [0, 0.1) is 10.8 Å². The van der Waals surface area contributed by atoms with Crippen LogP contribution in [0.3, 0.4) is 0 Å². The normalized spacial score (nSPS) is 11.4. The van der Waals surface area contributed by atoms with Gasteiger partial charge in [-0.25, -0.2) is 4.79 Å². The quantitative estimate of drug-likeness (QED) is 0.159. The molecule has 1 unspecified atom stereocenters. The van der Waals surface area contributed by atoms with Crippen LogP contribution in [0.5, 0.6) is 0 Å². The summed E-state index contributed by atoms with van der Waals surface area (Å²) in [6.45, 7) is 1.49. The predicted molar refractivity (Wildman–Crippen MR) is 65.3 cm³/mol. The van der Waals surface area contributed by atoms with Crippen molar-refractivity contribution in [1.29, 1.82) is 10.8 Å². The average molecular weight is 283 g/mol. The Balaban J connectivity index is 0. The molecule has 0 aliphatic carbocycles. The largest absolute Gasteiger partial charge is 0.370 e. The zero-order valence-electron chi connectivity index (χ0n) is 9.60. The third-order valence-corrected chi connectivity index (χ3v) is 2.47. The maximum Gasteiger partial charge on any atom is 0.313 e. The van der Waals surface area contributed by atoms with Gasteiger partial charge in [-0.15, -0.1) is 0 Å². The molecule has 1 atom stereocenters. The molecule has 11 N–H and O–H groups in total. The molecule has 0 rings (SSSR count). The Kier molecular flexibility index (Phi) is 8.21. The molecule has 0 heterocycles. The van der Waals surface area contributed by atoms with E-state index in [1.54, 1.807) is 0 Å². The van der Waals surface area contributed by atoms with Crippen LogP contribution in [-0.4, -0.2) is 36.3 Å². The van der Waals surface area contributed by atoms with Crippen molar-refractivity contribution in [3.8, 4) is 0 Å². The molecule has 0 aliphatic rings. The van der Waals surface area contributed by atoms with E-state index in [-0.39, 0.29) is 18.3 Å². The molecule has 11 nitrogen and oxygen atoms in total. The molecule has 0 saturated heterocycles. The van der Waals surface area contributed by atoms with Crippen molar-refractivity contribution in [1.82, 2.24) is 10.6 Å². The highest BCUT2D eigenvalue weighted by Crippen LogP contribution is 1.98. The molecule has 0 bridgehead atoms. The second-order valence-corrected chi connectivity index (χ2v) is 4.47. The number of guanidine groups is 2. The molecule has 0 radical (unpaired) electrons. The van der Waals surface area contributed by atoms with Crippen LogP contribution in [0.25, 0.3) is 0 Å². The third-order valence-electron chi connectivity index (χ3n) is 1.30. The summed E-state index contributed by atoms with van der Waals surface area (Å²) in [5.74, 6) is -0.625. The second-order valence-electron chi connectivity index (χ2n) is 2.87. The van der Waals surface area contributed by atoms with Gasteiger partial charge < -0.3 is 22.5 Å². The standard InChI is InChI=1S/C4H10N2O4S.C2H7N5/c1-2-3(6-4(5)7)11(8,9)10;3-1(4)7-2(5)6/h3H,2H2,1H3,(H3,5,6,7)(H,8,9,10);(H7,3,4,5,6,7). The lowest BCUT2D eigenvalue weighted by Gasteiger charge is -2.10. The van der Waals surface area contributed by atoms with Crippen LogP contribution < -0.4 is 27.8 Å². The Hall–Kier alpha value is -2.08. The van der Waals surface area contributed by atoms with Crippen LogP contribution in [0.15, 0.2) is 0 Å². The zero-order valence-corrected chi connectivity index (χ0v) is 10.4. The molecule has 106 valence electrons. The monoisotopic (exact) mass is 283 g/mol. The lowest BCUT2D eigenvalue weighted by atomic mass is 10.5. The number of urea groups is 1. The van der Waals surface area contributed by atoms with Crippen molar-refractivity contribution < 1.29 is 17.8 Å². The fourth-order valence-electron chi connectivity index (χ4n) is 0.691. The van der Waals surface area contributed by atoms with E-state index in [9.17, 15) is 13.2 Å². The Labute approximate surface area is 104 Å². The summed E-state index contributed by atoms with van der Waals surface area (Å²) in [6, 6.07) is -0.977. The SMILES string of the molecule is CCC(NC(N)=O)S(=O)(=O)O.N=C(N)NC(=N)N. The average Bonchev–Trinajstić information content (AvgIpc) is 2.10. The molecule has 0 aliphatic heterocycles. The molecular weight excluding hydrogens is 266 g/mol. The van der Waals surface area contributed by atoms with Gasteiger partial charge in [-0.1, -0.05) is 6.92 Å². The maximum atomic E-state index is 10.4. The summed E-state index contributed by atoms with van der Waals surface area (Å²) in [5.41, 5.74) is 14.1. The van der Waals surface area contributed by atoms with Crippen LogP contribution in [0.1, 0.15) is 13.3 Å². The Morgan fingerprint density at radius 1 is 1.28 bits per heavy atom. The molecule has 2 amide bonds. The van der Waals surface area contributed by atoms with E-state index in [1.165, 1.54) is 6.92 Å². The number of primary amides is 1. The lowest BCUT2D eigenvalue weighted by Crippen LogP contribution is -2.42. The topological polar surface area (TPSA) is 221 Å². The van der Waals surface area contributed by atoms with Crippen molar-refractivity contribution in [3.63, 3.8) is 0 Å². The van der Waals surface area contributed by atoms with Gasteiger partial charge >= 0.3 is 6.03 Å². The summed E-state index contributed by atoms with van der Waals surface area (Å²) in [7, 11) is -4.22. The van der Waals surface area contributed by atoms with Crippen LogP contribution in [-0.2, 0) is 10.1 Å². The summed E-state index contributed by atoms with van der Waals surface area (Å²) in [4.78, 5) is 10.2. The molecule has 0 aromatic heterocycles. The van der Waals surface area contributed by atoms with Gasteiger partial charge in [-0.3, -0.25) is 20.7 Å². The Morgan fingerprint density at radius 2 is 1.67 bits per heavy atom. The number of nitrogens with one attached hydrogen (secondary N) is 4. The molecular formula is C6H17N7O4S. The van der Waals surface area contributed by atoms with E-state index >= 15 is 0 Å². The molecule has 0 aromatic rings. The predicted octanol–water partition coefficient (Wildman–Crippen LogP) is -2.36. The molecule has 0 aromatic carbocycles. The van der Waals surface area contributed by atoms with E-state index < -0.39 is 21.5 Å². The zero-order chi connectivity index (χ0) is 14.9. The number of carbonyl (C=O) groups is 1. The van der Waals surface area contributed by atoms with Crippen molar-refractivity contribution in [2.75, 3.05) is 0 Å². The fraction of sp³-hybridized carbons (Fsp3) is 0.500. The number of hydrogen-bond donors (Lipinski definition) is 8. The van der Waals surface area contributed by atoms with Gasteiger partial charge in [0.15, 0.2) is 17.3 Å². The highest BCUT2D eigenvalue weighted by molar-refractivity contribution is 7.86. The maximum absolute atomic E-state index is 10.4. The van der Waals surface area contributed by atoms with Gasteiger partial charge in [0.2, 0.25) is 0 Å². The van der Waals surface area contributed by atoms with Gasteiger partial charge in [-0.05, 0) is 6.42 Å². The smallest absolute Gasteiger partial charge is 0.313 e. The van der Waals surface area contributed by atoms with Crippen LogP contribution >= 0.6 is 0 Å². The minimum Gasteiger partial charge on any atom is -0.370 e. The van der Waals surface area contributed by atoms with Gasteiger partial charge in [0, 0.05) is 0 Å². The Bertz CT molecular complexity index is 394. The number of hydrogen-bond acceptors (Lipinski definition) is 5. The van der Waals surface area contributed by atoms with E-state index in [0.717, 1.165) is 0 Å². The summed E-state index contributed by atoms with van der Waals surface area (Å²) >= 11 is 0. The number of rotatable bonds is 3. The molecule has 12 heteroatoms. The van der Waals surface area contributed by atoms with E-state index in [2.05, 4.69) is 5.73 Å².